The molecule has 0 fully saturated rings. The van der Waals surface area contributed by atoms with Gasteiger partial charge in [0, 0.05) is 50.4 Å². The summed E-state index contributed by atoms with van der Waals surface area (Å²) in [6.45, 7) is 3.54. The molecular weight excluding hydrogens is 364 g/mol. The Labute approximate surface area is 173 Å². The molecule has 0 aliphatic carbocycles. The molecule has 0 saturated heterocycles. The first-order valence-electron chi connectivity index (χ1n) is 10.2. The van der Waals surface area contributed by atoms with Crippen LogP contribution in [-0.4, -0.2) is 58.3 Å². The van der Waals surface area contributed by atoms with E-state index in [-0.39, 0.29) is 6.03 Å². The van der Waals surface area contributed by atoms with Crippen LogP contribution >= 0.6 is 0 Å². The highest BCUT2D eigenvalue weighted by Gasteiger charge is 2.23. The Morgan fingerprint density at radius 2 is 1.90 bits per heavy atom. The molecule has 1 aliphatic heterocycles. The zero-order valence-electron chi connectivity index (χ0n) is 17.6. The molecule has 29 heavy (non-hydrogen) atoms. The van der Waals surface area contributed by atoms with Crippen LogP contribution in [0.1, 0.15) is 23.5 Å². The zero-order valence-corrected chi connectivity index (χ0v) is 17.6. The van der Waals surface area contributed by atoms with Gasteiger partial charge in [-0.15, -0.1) is 0 Å². The molecule has 1 heterocycles. The van der Waals surface area contributed by atoms with Crippen molar-refractivity contribution in [3.63, 3.8) is 0 Å². The highest BCUT2D eigenvalue weighted by atomic mass is 16.5. The van der Waals surface area contributed by atoms with Crippen LogP contribution in [0.2, 0.25) is 0 Å². The number of urea groups is 1. The van der Waals surface area contributed by atoms with E-state index in [0.717, 1.165) is 30.8 Å². The van der Waals surface area contributed by atoms with Gasteiger partial charge in [0.05, 0.1) is 0 Å². The van der Waals surface area contributed by atoms with Crippen LogP contribution < -0.4 is 20.3 Å². The Hall–Kier alpha value is -2.73. The normalized spacial score (nSPS) is 15.7. The molecule has 156 valence electrons. The average molecular weight is 397 g/mol. The van der Waals surface area contributed by atoms with E-state index in [0.29, 0.717) is 25.6 Å². The second-order valence-corrected chi connectivity index (χ2v) is 7.79. The molecule has 1 atom stereocenters. The number of amides is 2. The number of nitrogens with one attached hydrogen (secondary N) is 2. The molecule has 1 aliphatic rings. The lowest BCUT2D eigenvalue weighted by atomic mass is 9.90. The van der Waals surface area contributed by atoms with Crippen LogP contribution in [-0.2, 0) is 6.54 Å². The predicted molar refractivity (Wildman–Crippen MR) is 118 cm³/mol. The lowest BCUT2D eigenvalue weighted by Gasteiger charge is -2.33. The van der Waals surface area contributed by atoms with E-state index in [1.54, 1.807) is 0 Å². The number of hydrogen-bond acceptors (Lipinski definition) is 4. The number of para-hydroxylation sites is 2. The largest absolute Gasteiger partial charge is 0.492 e. The van der Waals surface area contributed by atoms with Crippen molar-refractivity contribution in [3.05, 3.63) is 59.7 Å². The number of carbonyl (C=O) groups excluding carboxylic acids is 1. The van der Waals surface area contributed by atoms with Gasteiger partial charge >= 0.3 is 6.03 Å². The van der Waals surface area contributed by atoms with Crippen molar-refractivity contribution < 1.29 is 9.53 Å². The van der Waals surface area contributed by atoms with Crippen LogP contribution in [0.15, 0.2) is 48.5 Å². The van der Waals surface area contributed by atoms with Gasteiger partial charge in [-0.1, -0.05) is 36.4 Å². The third-order valence-electron chi connectivity index (χ3n) is 5.32. The number of hydrogen-bond donors (Lipinski definition) is 2. The summed E-state index contributed by atoms with van der Waals surface area (Å²) in [5.41, 5.74) is 3.54. The van der Waals surface area contributed by atoms with Gasteiger partial charge in [-0.2, -0.15) is 0 Å². The predicted octanol–water partition coefficient (Wildman–Crippen LogP) is 3.05. The van der Waals surface area contributed by atoms with Gasteiger partial charge in [-0.25, -0.2) is 4.79 Å². The van der Waals surface area contributed by atoms with Gasteiger partial charge < -0.3 is 25.2 Å². The molecule has 0 spiro atoms. The maximum absolute atomic E-state index is 12.4. The van der Waals surface area contributed by atoms with Crippen LogP contribution in [0.25, 0.3) is 0 Å². The summed E-state index contributed by atoms with van der Waals surface area (Å²) in [5, 5.41) is 6.00. The van der Waals surface area contributed by atoms with Crippen molar-refractivity contribution in [1.29, 1.82) is 0 Å². The number of fused-ring (bicyclic) bond motifs is 1. The number of benzene rings is 2. The second kappa shape index (κ2) is 10.2. The fraction of sp³-hybridized carbons (Fsp3) is 0.435. The number of likely N-dealkylation sites (N-methyl/N-ethyl adjacent to an activating group) is 1. The number of nitrogens with zero attached hydrogens (tertiary/aromatic N) is 2. The summed E-state index contributed by atoms with van der Waals surface area (Å²) >= 11 is 0. The Kier molecular flexibility index (Phi) is 7.36. The molecule has 2 aromatic carbocycles. The van der Waals surface area contributed by atoms with Crippen molar-refractivity contribution in [3.8, 4) is 5.75 Å². The first-order chi connectivity index (χ1) is 14.0. The summed E-state index contributed by atoms with van der Waals surface area (Å²) in [6.07, 6.45) is 1.04. The Morgan fingerprint density at radius 3 is 2.72 bits per heavy atom. The van der Waals surface area contributed by atoms with E-state index < -0.39 is 0 Å². The maximum atomic E-state index is 12.4. The molecule has 1 unspecified atom stereocenters. The number of anilines is 1. The van der Waals surface area contributed by atoms with Crippen molar-refractivity contribution in [1.82, 2.24) is 15.5 Å². The lowest BCUT2D eigenvalue weighted by molar-refractivity contribution is 0.239. The molecule has 0 saturated carbocycles. The number of rotatable bonds is 8. The summed E-state index contributed by atoms with van der Waals surface area (Å²) in [7, 11) is 6.15. The summed E-state index contributed by atoms with van der Waals surface area (Å²) in [6, 6.07) is 16.1. The van der Waals surface area contributed by atoms with E-state index in [9.17, 15) is 4.79 Å². The molecule has 2 N–H and O–H groups in total. The molecule has 6 heteroatoms. The molecule has 0 bridgehead atoms. The fourth-order valence-electron chi connectivity index (χ4n) is 3.60. The standard InChI is InChI=1S/C23H32N4O2/c1-26(2)14-15-29-22-11-7-4-8-19(22)17-25-23(28)24-16-18-12-13-27(3)21-10-6-5-9-20(18)21/h4-11,18H,12-17H2,1-3H3,(H2,24,25,28). The van der Waals surface area contributed by atoms with Crippen LogP contribution in [0.4, 0.5) is 10.5 Å². The SMILES string of the molecule is CN(C)CCOc1ccccc1CNC(=O)NCC1CCN(C)c2ccccc21. The number of ether oxygens (including phenoxy) is 1. The van der Waals surface area contributed by atoms with Gasteiger partial charge in [-0.05, 0) is 38.2 Å². The molecule has 3 rings (SSSR count). The number of carbonyl (C=O) groups is 1. The Bertz CT molecular complexity index is 809. The van der Waals surface area contributed by atoms with Gasteiger partial charge in [0.25, 0.3) is 0 Å². The van der Waals surface area contributed by atoms with Crippen LogP contribution in [0.3, 0.4) is 0 Å². The zero-order chi connectivity index (χ0) is 20.6. The van der Waals surface area contributed by atoms with Gasteiger partial charge in [0.2, 0.25) is 0 Å². The van der Waals surface area contributed by atoms with E-state index in [1.165, 1.54) is 11.3 Å². The smallest absolute Gasteiger partial charge is 0.315 e. The molecule has 2 amide bonds. The van der Waals surface area contributed by atoms with Crippen molar-refractivity contribution in [2.45, 2.75) is 18.9 Å². The molecule has 0 aromatic heterocycles. The minimum Gasteiger partial charge on any atom is -0.492 e. The van der Waals surface area contributed by atoms with Crippen LogP contribution in [0.5, 0.6) is 5.75 Å². The molecule has 0 radical (unpaired) electrons. The fourth-order valence-corrected chi connectivity index (χ4v) is 3.60. The highest BCUT2D eigenvalue weighted by molar-refractivity contribution is 5.74. The molecule has 2 aromatic rings. The third-order valence-corrected chi connectivity index (χ3v) is 5.32. The first kappa shape index (κ1) is 21.0. The maximum Gasteiger partial charge on any atom is 0.315 e. The summed E-state index contributed by atoms with van der Waals surface area (Å²) < 4.78 is 5.87. The van der Waals surface area contributed by atoms with E-state index in [4.69, 9.17) is 4.74 Å². The van der Waals surface area contributed by atoms with E-state index in [1.807, 2.05) is 38.4 Å². The van der Waals surface area contributed by atoms with Crippen molar-refractivity contribution >= 4 is 11.7 Å². The minimum absolute atomic E-state index is 0.149. The summed E-state index contributed by atoms with van der Waals surface area (Å²) in [5.74, 6) is 1.16. The van der Waals surface area contributed by atoms with Crippen LogP contribution in [0, 0.1) is 0 Å². The van der Waals surface area contributed by atoms with Gasteiger partial charge in [0.1, 0.15) is 12.4 Å². The Balaban J connectivity index is 1.49. The third kappa shape index (κ3) is 5.87. The molecule has 6 nitrogen and oxygen atoms in total. The highest BCUT2D eigenvalue weighted by Crippen LogP contribution is 2.33. The van der Waals surface area contributed by atoms with Crippen molar-refractivity contribution in [2.24, 2.45) is 0 Å². The van der Waals surface area contributed by atoms with Gasteiger partial charge in [0.15, 0.2) is 0 Å². The average Bonchev–Trinajstić information content (AvgIpc) is 2.72. The Morgan fingerprint density at radius 1 is 1.14 bits per heavy atom. The lowest BCUT2D eigenvalue weighted by Crippen LogP contribution is -2.39. The van der Waals surface area contributed by atoms with Crippen molar-refractivity contribution in [2.75, 3.05) is 52.3 Å². The summed E-state index contributed by atoms with van der Waals surface area (Å²) in [4.78, 5) is 16.7. The quantitative estimate of drug-likeness (QED) is 0.720. The topological polar surface area (TPSA) is 56.8 Å². The first-order valence-corrected chi connectivity index (χ1v) is 10.2. The van der Waals surface area contributed by atoms with Gasteiger partial charge in [-0.3, -0.25) is 0 Å². The minimum atomic E-state index is -0.149. The second-order valence-electron chi connectivity index (χ2n) is 7.79. The van der Waals surface area contributed by atoms with E-state index >= 15 is 0 Å². The van der Waals surface area contributed by atoms with E-state index in [2.05, 4.69) is 51.7 Å². The molecular formula is C23H32N4O2. The monoisotopic (exact) mass is 396 g/mol.